The Bertz CT molecular complexity index is 3530. The molecule has 0 saturated carbocycles. The number of halogens is 6. The third kappa shape index (κ3) is 8.97. The molecule has 0 bridgehead atoms. The summed E-state index contributed by atoms with van der Waals surface area (Å²) in [6, 6.07) is 67.0. The van der Waals surface area contributed by atoms with Crippen LogP contribution >= 0.6 is 0 Å². The molecule has 11 rings (SSSR count). The van der Waals surface area contributed by atoms with Crippen molar-refractivity contribution in [3.05, 3.63) is 258 Å². The van der Waals surface area contributed by atoms with Gasteiger partial charge in [0.15, 0.2) is 17.5 Å². The lowest BCUT2D eigenvalue weighted by molar-refractivity contribution is -0.138. The highest BCUT2D eigenvalue weighted by Crippen LogP contribution is 2.48. The first kappa shape index (κ1) is 45.6. The predicted molar refractivity (Wildman–Crippen MR) is 274 cm³/mol. The Kier molecular flexibility index (Phi) is 11.9. The highest BCUT2D eigenvalue weighted by Gasteiger charge is 2.39. The number of aromatic nitrogens is 4. The number of nitrogens with zero attached hydrogens (tertiary/aromatic N) is 5. The second kappa shape index (κ2) is 18.8. The van der Waals surface area contributed by atoms with Crippen LogP contribution in [-0.2, 0) is 18.8 Å². The van der Waals surface area contributed by atoms with Crippen LogP contribution in [0.5, 0.6) is 0 Å². The van der Waals surface area contributed by atoms with E-state index in [1.54, 1.807) is 84.9 Å². The molecule has 0 aliphatic heterocycles. The van der Waals surface area contributed by atoms with Gasteiger partial charge in [-0.15, -0.1) is 0 Å². The van der Waals surface area contributed by atoms with Gasteiger partial charge >= 0.3 is 12.4 Å². The summed E-state index contributed by atoms with van der Waals surface area (Å²) in [6.45, 7) is 0. The Balaban J connectivity index is 1.16. The average Bonchev–Trinajstić information content (AvgIpc) is 3.73. The monoisotopic (exact) mass is 957 g/mol. The van der Waals surface area contributed by atoms with Crippen LogP contribution in [0.3, 0.4) is 0 Å². The van der Waals surface area contributed by atoms with Crippen LogP contribution in [-0.4, -0.2) is 19.5 Å². The summed E-state index contributed by atoms with van der Waals surface area (Å²) in [5.74, 6) is 0.710. The highest BCUT2D eigenvalue weighted by molar-refractivity contribution is 6.12. The van der Waals surface area contributed by atoms with Crippen LogP contribution in [0.2, 0.25) is 0 Å². The molecule has 0 fully saturated rings. The quantitative estimate of drug-likeness (QED) is 0.121. The van der Waals surface area contributed by atoms with Crippen LogP contribution in [0.25, 0.3) is 61.7 Å². The minimum Gasteiger partial charge on any atom is -0.310 e. The molecule has 0 unspecified atom stereocenters. The van der Waals surface area contributed by atoms with Crippen molar-refractivity contribution in [1.29, 1.82) is 0 Å². The second-order valence-electron chi connectivity index (χ2n) is 17.4. The normalized spacial score (nSPS) is 11.9. The van der Waals surface area contributed by atoms with Crippen molar-refractivity contribution in [1.82, 2.24) is 19.5 Å². The van der Waals surface area contributed by atoms with Gasteiger partial charge in [-0.05, 0) is 95.9 Å². The van der Waals surface area contributed by atoms with Gasteiger partial charge in [-0.1, -0.05) is 158 Å². The topological polar surface area (TPSA) is 46.8 Å². The third-order valence-corrected chi connectivity index (χ3v) is 12.9. The number of fused-ring (bicyclic) bond motifs is 3. The van der Waals surface area contributed by atoms with Crippen LogP contribution in [0.1, 0.15) is 33.7 Å². The van der Waals surface area contributed by atoms with Crippen molar-refractivity contribution in [2.45, 2.75) is 24.7 Å². The minimum atomic E-state index is -4.90. The summed E-state index contributed by atoms with van der Waals surface area (Å²) >= 11 is 0. The summed E-state index contributed by atoms with van der Waals surface area (Å²) < 4.78 is 96.3. The lowest BCUT2D eigenvalue weighted by Crippen LogP contribution is -2.17. The molecule has 0 spiro atoms. The Morgan fingerprint density at radius 3 is 1.21 bits per heavy atom. The molecule has 5 nitrogen and oxygen atoms in total. The maximum absolute atomic E-state index is 15.9. The molecule has 0 amide bonds. The smallest absolute Gasteiger partial charge is 0.310 e. The van der Waals surface area contributed by atoms with E-state index in [0.29, 0.717) is 50.9 Å². The van der Waals surface area contributed by atoms with Gasteiger partial charge in [0.05, 0.1) is 27.8 Å². The molecular formula is C61H41F6N5. The first-order valence-corrected chi connectivity index (χ1v) is 23.3. The van der Waals surface area contributed by atoms with E-state index in [-0.39, 0.29) is 28.7 Å². The second-order valence-corrected chi connectivity index (χ2v) is 17.4. The summed E-state index contributed by atoms with van der Waals surface area (Å²) in [7, 11) is 0. The van der Waals surface area contributed by atoms with Gasteiger partial charge in [-0.3, -0.25) is 0 Å². The minimum absolute atomic E-state index is 0.00445. The molecule has 2 heterocycles. The van der Waals surface area contributed by atoms with Gasteiger partial charge in [0, 0.05) is 50.4 Å². The molecule has 9 aromatic carbocycles. The first-order valence-electron chi connectivity index (χ1n) is 23.3. The Labute approximate surface area is 411 Å². The number of benzene rings is 9. The number of hydrogen-bond donors (Lipinski definition) is 0. The van der Waals surface area contributed by atoms with Gasteiger partial charge < -0.3 is 9.47 Å². The van der Waals surface area contributed by atoms with Crippen molar-refractivity contribution in [2.75, 3.05) is 4.90 Å². The van der Waals surface area contributed by atoms with E-state index in [1.807, 2.05) is 121 Å². The fourth-order valence-corrected chi connectivity index (χ4v) is 9.56. The lowest BCUT2D eigenvalue weighted by Gasteiger charge is -2.28. The molecule has 2 aromatic heterocycles. The van der Waals surface area contributed by atoms with Crippen LogP contribution in [0.4, 0.5) is 43.4 Å². The van der Waals surface area contributed by atoms with E-state index < -0.39 is 29.4 Å². The van der Waals surface area contributed by atoms with Crippen molar-refractivity contribution in [2.24, 2.45) is 0 Å². The maximum Gasteiger partial charge on any atom is 0.418 e. The fourth-order valence-electron chi connectivity index (χ4n) is 9.56. The Hall–Kier alpha value is -8.83. The number of rotatable bonds is 11. The highest BCUT2D eigenvalue weighted by atomic mass is 19.4. The molecule has 0 saturated heterocycles. The first-order chi connectivity index (χ1) is 35.0. The van der Waals surface area contributed by atoms with Crippen molar-refractivity contribution >= 4 is 38.9 Å². The molecule has 0 aliphatic carbocycles. The van der Waals surface area contributed by atoms with Crippen molar-refractivity contribution in [3.8, 4) is 39.9 Å². The SMILES string of the molecule is FC(F)(F)c1cc2c(cc1CC(c1ccccc1)c1ccccc1)c1cc(N(c3ccccc3)c3ccccc3)c(C(F)(F)F)cc1n2-c1ccc(-c2nc(-c3ccccc3)nc(-c3ccccc3)n2)cc1. The number of alkyl halides is 6. The van der Waals surface area contributed by atoms with Crippen LogP contribution in [0, 0.1) is 0 Å². The molecule has 0 atom stereocenters. The predicted octanol–water partition coefficient (Wildman–Crippen LogP) is 16.9. The number of hydrogen-bond acceptors (Lipinski definition) is 4. The largest absolute Gasteiger partial charge is 0.418 e. The molecule has 352 valence electrons. The van der Waals surface area contributed by atoms with E-state index >= 15 is 26.3 Å². The zero-order valence-electron chi connectivity index (χ0n) is 38.2. The maximum atomic E-state index is 15.9. The van der Waals surface area contributed by atoms with E-state index in [9.17, 15) is 0 Å². The van der Waals surface area contributed by atoms with Crippen molar-refractivity contribution < 1.29 is 26.3 Å². The van der Waals surface area contributed by atoms with Gasteiger partial charge in [-0.25, -0.2) is 15.0 Å². The summed E-state index contributed by atoms with van der Waals surface area (Å²) in [6.07, 6.45) is -9.78. The lowest BCUT2D eigenvalue weighted by atomic mass is 9.84. The molecule has 11 heteroatoms. The molecule has 72 heavy (non-hydrogen) atoms. The summed E-state index contributed by atoms with van der Waals surface area (Å²) in [5.41, 5.74) is 3.09. The Morgan fingerprint density at radius 1 is 0.403 bits per heavy atom. The molecule has 0 radical (unpaired) electrons. The van der Waals surface area contributed by atoms with E-state index in [1.165, 1.54) is 21.6 Å². The summed E-state index contributed by atoms with van der Waals surface area (Å²) in [4.78, 5) is 16.0. The molecule has 0 N–H and O–H groups in total. The molecule has 0 aliphatic rings. The third-order valence-electron chi connectivity index (χ3n) is 12.9. The van der Waals surface area contributed by atoms with Gasteiger partial charge in [0.2, 0.25) is 0 Å². The molecule has 11 aromatic rings. The zero-order valence-corrected chi connectivity index (χ0v) is 38.2. The van der Waals surface area contributed by atoms with E-state index in [4.69, 9.17) is 15.0 Å². The van der Waals surface area contributed by atoms with Gasteiger partial charge in [0.25, 0.3) is 0 Å². The van der Waals surface area contributed by atoms with Crippen molar-refractivity contribution in [3.63, 3.8) is 0 Å². The standard InChI is InChI=1S/C61H41F6N5/c62-60(63,64)52-38-54-50(36-45(52)35-49(40-19-7-1-8-20-40)41-21-9-2-10-22-41)51-37-56(71(46-27-15-5-16-28-46)47-29-17-6-18-30-47)53(61(65,66)67)39-55(51)72(54)48-33-31-44(32-34-48)59-69-57(42-23-11-3-12-24-42)68-58(70-59)43-25-13-4-14-26-43/h1-34,36-39,49H,35H2. The van der Waals surface area contributed by atoms with Crippen LogP contribution < -0.4 is 4.90 Å². The number of para-hydroxylation sites is 2. The zero-order chi connectivity index (χ0) is 49.4. The molecular weight excluding hydrogens is 917 g/mol. The fraction of sp³-hybridized carbons (Fsp3) is 0.0656. The van der Waals surface area contributed by atoms with E-state index in [2.05, 4.69) is 0 Å². The van der Waals surface area contributed by atoms with Gasteiger partial charge in [0.1, 0.15) is 0 Å². The summed E-state index contributed by atoms with van der Waals surface area (Å²) in [5, 5.41) is 0.683. The van der Waals surface area contributed by atoms with E-state index in [0.717, 1.165) is 34.4 Å². The Morgan fingerprint density at radius 2 is 0.778 bits per heavy atom. The number of anilines is 3. The van der Waals surface area contributed by atoms with Gasteiger partial charge in [-0.2, -0.15) is 26.3 Å². The van der Waals surface area contributed by atoms with Crippen LogP contribution in [0.15, 0.2) is 231 Å². The average molecular weight is 958 g/mol.